The number of hydrogen-bond acceptors (Lipinski definition) is 5. The van der Waals surface area contributed by atoms with E-state index in [1.807, 2.05) is 39.0 Å². The molecule has 6 nitrogen and oxygen atoms in total. The molecule has 1 rings (SSSR count). The van der Waals surface area contributed by atoms with Crippen molar-refractivity contribution >= 4 is 21.9 Å². The molecule has 112 valence electrons. The molecule has 0 saturated carbocycles. The van der Waals surface area contributed by atoms with Gasteiger partial charge in [-0.2, -0.15) is 0 Å². The number of allylic oxidation sites excluding steroid dienone is 1. The summed E-state index contributed by atoms with van der Waals surface area (Å²) < 4.78 is 24.5. The van der Waals surface area contributed by atoms with Crippen LogP contribution in [-0.4, -0.2) is 48.1 Å². The Bertz CT molecular complexity index is 557. The van der Waals surface area contributed by atoms with E-state index in [4.69, 9.17) is 0 Å². The van der Waals surface area contributed by atoms with E-state index in [0.29, 0.717) is 18.9 Å². The van der Waals surface area contributed by atoms with Gasteiger partial charge in [0, 0.05) is 25.2 Å². The normalized spacial score (nSPS) is 13.8. The largest absolute Gasteiger partial charge is 0.366 e. The van der Waals surface area contributed by atoms with E-state index < -0.39 is 10.0 Å². The summed E-state index contributed by atoms with van der Waals surface area (Å²) in [6, 6.07) is 1.78. The Labute approximate surface area is 121 Å². The zero-order chi connectivity index (χ0) is 15.2. The fraction of sp³-hybridized carbons (Fsp3) is 0.538. The highest BCUT2D eigenvalue weighted by molar-refractivity contribution is 7.88. The summed E-state index contributed by atoms with van der Waals surface area (Å²) in [6.45, 7) is 6.52. The Hall–Kier alpha value is -1.47. The van der Waals surface area contributed by atoms with Crippen LogP contribution < -0.4 is 5.32 Å². The molecule has 0 spiro atoms. The van der Waals surface area contributed by atoms with Crippen molar-refractivity contribution < 1.29 is 8.42 Å². The van der Waals surface area contributed by atoms with Crippen LogP contribution in [0.5, 0.6) is 0 Å². The lowest BCUT2D eigenvalue weighted by Gasteiger charge is -2.23. The summed E-state index contributed by atoms with van der Waals surface area (Å²) in [4.78, 5) is 8.24. The predicted molar refractivity (Wildman–Crippen MR) is 81.9 cm³/mol. The van der Waals surface area contributed by atoms with Crippen LogP contribution in [0.15, 0.2) is 18.5 Å². The molecular formula is C13H22N4O2S. The predicted octanol–water partition coefficient (Wildman–Crippen LogP) is 1.59. The van der Waals surface area contributed by atoms with Gasteiger partial charge in [-0.05, 0) is 19.9 Å². The zero-order valence-electron chi connectivity index (χ0n) is 12.4. The van der Waals surface area contributed by atoms with E-state index in [9.17, 15) is 8.42 Å². The summed E-state index contributed by atoms with van der Waals surface area (Å²) in [5, 5.41) is 3.19. The van der Waals surface area contributed by atoms with Crippen molar-refractivity contribution in [1.29, 1.82) is 0 Å². The van der Waals surface area contributed by atoms with Crippen molar-refractivity contribution in [3.05, 3.63) is 24.2 Å². The van der Waals surface area contributed by atoms with Crippen molar-refractivity contribution in [3.63, 3.8) is 0 Å². The highest BCUT2D eigenvalue weighted by Gasteiger charge is 2.17. The molecule has 7 heteroatoms. The van der Waals surface area contributed by atoms with Gasteiger partial charge in [-0.15, -0.1) is 0 Å². The molecular weight excluding hydrogens is 276 g/mol. The summed E-state index contributed by atoms with van der Waals surface area (Å²) in [7, 11) is -3.17. The first-order chi connectivity index (χ1) is 9.36. The van der Waals surface area contributed by atoms with E-state index in [1.165, 1.54) is 16.9 Å². The molecule has 0 amide bonds. The number of hydrogen-bond donors (Lipinski definition) is 1. The Morgan fingerprint density at radius 2 is 2.15 bits per heavy atom. The van der Waals surface area contributed by atoms with Gasteiger partial charge >= 0.3 is 0 Å². The number of nitrogens with one attached hydrogen (secondary N) is 1. The molecule has 1 heterocycles. The standard InChI is InChI=1S/C13H22N4O2S/c1-5-7-12-8-13(15-10-14-12)16-11(3)9-17(6-2)20(4,18)19/h5,7-8,10-11H,6,9H2,1-4H3,(H,14,15,16)/b7-5-. The van der Waals surface area contributed by atoms with Gasteiger partial charge in [-0.1, -0.05) is 13.0 Å². The maximum atomic E-state index is 11.6. The first-order valence-electron chi connectivity index (χ1n) is 6.53. The van der Waals surface area contributed by atoms with Crippen molar-refractivity contribution in [3.8, 4) is 0 Å². The van der Waals surface area contributed by atoms with Gasteiger partial charge in [-0.3, -0.25) is 0 Å². The molecule has 0 fully saturated rings. The van der Waals surface area contributed by atoms with Gasteiger partial charge in [0.1, 0.15) is 12.1 Å². The fourth-order valence-corrected chi connectivity index (χ4v) is 2.78. The van der Waals surface area contributed by atoms with Crippen molar-refractivity contribution in [2.24, 2.45) is 0 Å². The van der Waals surface area contributed by atoms with Crippen molar-refractivity contribution in [2.75, 3.05) is 24.7 Å². The Balaban J connectivity index is 2.71. The number of aromatic nitrogens is 2. The Morgan fingerprint density at radius 3 is 2.70 bits per heavy atom. The lowest BCUT2D eigenvalue weighted by atomic mass is 10.3. The minimum absolute atomic E-state index is 0.0435. The van der Waals surface area contributed by atoms with Gasteiger partial charge in [0.25, 0.3) is 0 Å². The second kappa shape index (κ2) is 7.35. The summed E-state index contributed by atoms with van der Waals surface area (Å²) in [5.74, 6) is 0.685. The third-order valence-electron chi connectivity index (χ3n) is 2.72. The topological polar surface area (TPSA) is 75.2 Å². The molecule has 0 radical (unpaired) electrons. The average molecular weight is 298 g/mol. The van der Waals surface area contributed by atoms with Crippen LogP contribution >= 0.6 is 0 Å². The van der Waals surface area contributed by atoms with Crippen LogP contribution in [0.25, 0.3) is 6.08 Å². The van der Waals surface area contributed by atoms with Gasteiger partial charge in [0.15, 0.2) is 0 Å². The minimum Gasteiger partial charge on any atom is -0.366 e. The fourth-order valence-electron chi connectivity index (χ4n) is 1.82. The molecule has 1 N–H and O–H groups in total. The van der Waals surface area contributed by atoms with E-state index >= 15 is 0 Å². The van der Waals surface area contributed by atoms with Crippen LogP contribution in [0.3, 0.4) is 0 Å². The first kappa shape index (κ1) is 16.6. The van der Waals surface area contributed by atoms with Gasteiger partial charge in [-0.25, -0.2) is 22.7 Å². The quantitative estimate of drug-likeness (QED) is 0.827. The van der Waals surface area contributed by atoms with E-state index in [1.54, 1.807) is 0 Å². The molecule has 1 unspecified atom stereocenters. The molecule has 20 heavy (non-hydrogen) atoms. The summed E-state index contributed by atoms with van der Waals surface area (Å²) in [6.07, 6.45) is 6.49. The highest BCUT2D eigenvalue weighted by atomic mass is 32.2. The molecule has 0 aromatic carbocycles. The second-order valence-corrected chi connectivity index (χ2v) is 6.57. The number of likely N-dealkylation sites (N-methyl/N-ethyl adjacent to an activating group) is 1. The summed E-state index contributed by atoms with van der Waals surface area (Å²) >= 11 is 0. The molecule has 1 aromatic rings. The van der Waals surface area contributed by atoms with Crippen LogP contribution in [0.2, 0.25) is 0 Å². The van der Waals surface area contributed by atoms with Crippen LogP contribution in [0.1, 0.15) is 26.5 Å². The molecule has 1 atom stereocenters. The SMILES string of the molecule is C/C=C\c1cc(NC(C)CN(CC)S(C)(=O)=O)ncn1. The first-order valence-corrected chi connectivity index (χ1v) is 8.38. The average Bonchev–Trinajstić information content (AvgIpc) is 2.35. The van der Waals surface area contributed by atoms with Gasteiger partial charge < -0.3 is 5.32 Å². The van der Waals surface area contributed by atoms with Crippen molar-refractivity contribution in [2.45, 2.75) is 26.8 Å². The van der Waals surface area contributed by atoms with E-state index in [0.717, 1.165) is 5.69 Å². The number of rotatable bonds is 7. The third kappa shape index (κ3) is 5.26. The van der Waals surface area contributed by atoms with E-state index in [-0.39, 0.29) is 6.04 Å². The lowest BCUT2D eigenvalue weighted by molar-refractivity contribution is 0.417. The minimum atomic E-state index is -3.17. The third-order valence-corrected chi connectivity index (χ3v) is 4.06. The molecule has 0 aliphatic carbocycles. The molecule has 1 aromatic heterocycles. The Morgan fingerprint density at radius 1 is 1.45 bits per heavy atom. The monoisotopic (exact) mass is 298 g/mol. The smallest absolute Gasteiger partial charge is 0.211 e. The van der Waals surface area contributed by atoms with Crippen LogP contribution in [0, 0.1) is 0 Å². The number of sulfonamides is 1. The van der Waals surface area contributed by atoms with Crippen LogP contribution in [-0.2, 0) is 10.0 Å². The van der Waals surface area contributed by atoms with Gasteiger partial charge in [0.2, 0.25) is 10.0 Å². The van der Waals surface area contributed by atoms with E-state index in [2.05, 4.69) is 15.3 Å². The Kier molecular flexibility index (Phi) is 6.09. The summed E-state index contributed by atoms with van der Waals surface area (Å²) in [5.41, 5.74) is 0.813. The second-order valence-electron chi connectivity index (χ2n) is 4.59. The number of anilines is 1. The molecule has 0 saturated heterocycles. The van der Waals surface area contributed by atoms with Crippen molar-refractivity contribution in [1.82, 2.24) is 14.3 Å². The maximum absolute atomic E-state index is 11.6. The zero-order valence-corrected chi connectivity index (χ0v) is 13.2. The van der Waals surface area contributed by atoms with Crippen LogP contribution in [0.4, 0.5) is 5.82 Å². The van der Waals surface area contributed by atoms with Gasteiger partial charge in [0.05, 0.1) is 11.9 Å². The molecule has 0 aliphatic rings. The maximum Gasteiger partial charge on any atom is 0.211 e. The number of nitrogens with zero attached hydrogens (tertiary/aromatic N) is 3. The molecule has 0 bridgehead atoms. The lowest BCUT2D eigenvalue weighted by Crippen LogP contribution is -2.38. The molecule has 0 aliphatic heterocycles. The highest BCUT2D eigenvalue weighted by Crippen LogP contribution is 2.09.